The Labute approximate surface area is 110 Å². The van der Waals surface area contributed by atoms with E-state index >= 15 is 0 Å². The van der Waals surface area contributed by atoms with E-state index in [4.69, 9.17) is 0 Å². The molecule has 0 aromatic carbocycles. The first-order chi connectivity index (χ1) is 8.88. The number of nitrogens with zero attached hydrogens (tertiary/aromatic N) is 2. The van der Waals surface area contributed by atoms with Crippen molar-refractivity contribution >= 4 is 0 Å². The Morgan fingerprint density at radius 1 is 1.33 bits per heavy atom. The van der Waals surface area contributed by atoms with Gasteiger partial charge in [-0.25, -0.2) is 0 Å². The summed E-state index contributed by atoms with van der Waals surface area (Å²) >= 11 is 0. The standard InChI is InChI=1S/C15H25N3/c1-2-10-18-15(8-9-17-18)14-5-3-4-12(14)11-16-13-6-7-13/h8-9,12-14,16H,2-7,10-11H2,1H3. The number of aromatic nitrogens is 2. The molecule has 0 radical (unpaired) electrons. The van der Waals surface area contributed by atoms with E-state index in [9.17, 15) is 0 Å². The first-order valence-electron chi connectivity index (χ1n) is 7.63. The monoisotopic (exact) mass is 247 g/mol. The number of nitrogens with one attached hydrogen (secondary N) is 1. The average molecular weight is 247 g/mol. The van der Waals surface area contributed by atoms with Gasteiger partial charge in [0, 0.05) is 30.4 Å². The van der Waals surface area contributed by atoms with Crippen LogP contribution in [0.3, 0.4) is 0 Å². The van der Waals surface area contributed by atoms with Gasteiger partial charge in [0.05, 0.1) is 0 Å². The number of hydrogen-bond acceptors (Lipinski definition) is 2. The summed E-state index contributed by atoms with van der Waals surface area (Å²) < 4.78 is 2.24. The zero-order chi connectivity index (χ0) is 12.4. The molecule has 1 heterocycles. The van der Waals surface area contributed by atoms with Crippen molar-refractivity contribution in [3.8, 4) is 0 Å². The Morgan fingerprint density at radius 2 is 2.22 bits per heavy atom. The van der Waals surface area contributed by atoms with E-state index in [1.807, 2.05) is 6.20 Å². The maximum Gasteiger partial charge on any atom is 0.0492 e. The summed E-state index contributed by atoms with van der Waals surface area (Å²) in [5.74, 6) is 1.57. The van der Waals surface area contributed by atoms with Crippen molar-refractivity contribution in [1.29, 1.82) is 0 Å². The topological polar surface area (TPSA) is 29.9 Å². The highest BCUT2D eigenvalue weighted by atomic mass is 15.3. The van der Waals surface area contributed by atoms with Gasteiger partial charge in [0.25, 0.3) is 0 Å². The van der Waals surface area contributed by atoms with E-state index in [-0.39, 0.29) is 0 Å². The summed E-state index contributed by atoms with van der Waals surface area (Å²) in [5, 5.41) is 8.20. The van der Waals surface area contributed by atoms with Crippen molar-refractivity contribution in [1.82, 2.24) is 15.1 Å². The molecular weight excluding hydrogens is 222 g/mol. The number of hydrogen-bond donors (Lipinski definition) is 1. The van der Waals surface area contributed by atoms with Gasteiger partial charge in [-0.2, -0.15) is 5.10 Å². The lowest BCUT2D eigenvalue weighted by atomic mass is 9.92. The van der Waals surface area contributed by atoms with Crippen LogP contribution < -0.4 is 5.32 Å². The molecule has 0 bridgehead atoms. The second kappa shape index (κ2) is 5.43. The largest absolute Gasteiger partial charge is 0.314 e. The molecule has 2 saturated carbocycles. The zero-order valence-corrected chi connectivity index (χ0v) is 11.4. The molecule has 0 saturated heterocycles. The molecule has 0 amide bonds. The zero-order valence-electron chi connectivity index (χ0n) is 11.4. The van der Waals surface area contributed by atoms with Gasteiger partial charge in [0.1, 0.15) is 0 Å². The molecule has 2 atom stereocenters. The van der Waals surface area contributed by atoms with Gasteiger partial charge in [-0.15, -0.1) is 0 Å². The Kier molecular flexibility index (Phi) is 3.69. The SMILES string of the molecule is CCCn1nccc1C1CCCC1CNC1CC1. The highest BCUT2D eigenvalue weighted by Gasteiger charge is 2.32. The van der Waals surface area contributed by atoms with Gasteiger partial charge >= 0.3 is 0 Å². The van der Waals surface area contributed by atoms with Crippen LogP contribution in [-0.4, -0.2) is 22.4 Å². The number of aryl methyl sites for hydroxylation is 1. The Hall–Kier alpha value is -0.830. The van der Waals surface area contributed by atoms with Crippen molar-refractivity contribution < 1.29 is 0 Å². The van der Waals surface area contributed by atoms with Gasteiger partial charge in [0.2, 0.25) is 0 Å². The van der Waals surface area contributed by atoms with Crippen molar-refractivity contribution in [2.24, 2.45) is 5.92 Å². The Bertz CT molecular complexity index is 381. The fraction of sp³-hybridized carbons (Fsp3) is 0.800. The van der Waals surface area contributed by atoms with Crippen LogP contribution in [0.15, 0.2) is 12.3 Å². The third kappa shape index (κ3) is 2.61. The van der Waals surface area contributed by atoms with Crippen LogP contribution in [0.4, 0.5) is 0 Å². The predicted molar refractivity (Wildman–Crippen MR) is 73.6 cm³/mol. The minimum absolute atomic E-state index is 0.741. The van der Waals surface area contributed by atoms with Crippen molar-refractivity contribution in [2.45, 2.75) is 64.0 Å². The molecule has 18 heavy (non-hydrogen) atoms. The van der Waals surface area contributed by atoms with Crippen LogP contribution in [0.25, 0.3) is 0 Å². The molecular formula is C15H25N3. The van der Waals surface area contributed by atoms with Gasteiger partial charge < -0.3 is 5.32 Å². The molecule has 2 unspecified atom stereocenters. The quantitative estimate of drug-likeness (QED) is 0.837. The van der Waals surface area contributed by atoms with E-state index in [1.165, 1.54) is 50.8 Å². The van der Waals surface area contributed by atoms with Crippen LogP contribution in [0.2, 0.25) is 0 Å². The van der Waals surface area contributed by atoms with Gasteiger partial charge in [0.15, 0.2) is 0 Å². The lowest BCUT2D eigenvalue weighted by Gasteiger charge is -2.21. The molecule has 100 valence electrons. The summed E-state index contributed by atoms with van der Waals surface area (Å²) in [7, 11) is 0. The normalized spacial score (nSPS) is 27.8. The second-order valence-corrected chi connectivity index (χ2v) is 5.96. The molecule has 1 aromatic rings. The maximum atomic E-state index is 4.49. The molecule has 1 N–H and O–H groups in total. The van der Waals surface area contributed by atoms with Crippen LogP contribution in [-0.2, 0) is 6.54 Å². The highest BCUT2D eigenvalue weighted by Crippen LogP contribution is 2.39. The van der Waals surface area contributed by atoms with E-state index in [1.54, 1.807) is 0 Å². The predicted octanol–water partition coefficient (Wildman–Crippen LogP) is 2.93. The van der Waals surface area contributed by atoms with E-state index in [0.717, 1.165) is 24.4 Å². The Morgan fingerprint density at radius 3 is 3.00 bits per heavy atom. The summed E-state index contributed by atoms with van der Waals surface area (Å²) in [4.78, 5) is 0. The van der Waals surface area contributed by atoms with Crippen LogP contribution >= 0.6 is 0 Å². The third-order valence-corrected chi connectivity index (χ3v) is 4.47. The van der Waals surface area contributed by atoms with E-state index < -0.39 is 0 Å². The molecule has 2 aliphatic carbocycles. The molecule has 3 nitrogen and oxygen atoms in total. The van der Waals surface area contributed by atoms with Gasteiger partial charge in [-0.3, -0.25) is 4.68 Å². The van der Waals surface area contributed by atoms with E-state index in [0.29, 0.717) is 0 Å². The first kappa shape index (κ1) is 12.2. The molecule has 2 fully saturated rings. The minimum atomic E-state index is 0.741. The third-order valence-electron chi connectivity index (χ3n) is 4.47. The van der Waals surface area contributed by atoms with Crippen molar-refractivity contribution in [3.05, 3.63) is 18.0 Å². The molecule has 0 aliphatic heterocycles. The molecule has 1 aromatic heterocycles. The first-order valence-corrected chi connectivity index (χ1v) is 7.63. The molecule has 2 aliphatic rings. The summed E-state index contributed by atoms with van der Waals surface area (Å²) in [5.41, 5.74) is 1.48. The fourth-order valence-corrected chi connectivity index (χ4v) is 3.33. The lowest BCUT2D eigenvalue weighted by molar-refractivity contribution is 0.416. The van der Waals surface area contributed by atoms with Crippen LogP contribution in [0.1, 0.15) is 57.1 Å². The fourth-order valence-electron chi connectivity index (χ4n) is 3.33. The second-order valence-electron chi connectivity index (χ2n) is 5.96. The smallest absolute Gasteiger partial charge is 0.0492 e. The average Bonchev–Trinajstić information content (AvgIpc) is 2.90. The summed E-state index contributed by atoms with van der Waals surface area (Å²) in [6.07, 6.45) is 10.1. The van der Waals surface area contributed by atoms with Crippen molar-refractivity contribution in [2.75, 3.05) is 6.54 Å². The van der Waals surface area contributed by atoms with Crippen LogP contribution in [0, 0.1) is 5.92 Å². The summed E-state index contributed by atoms with van der Waals surface area (Å²) in [6.45, 7) is 4.51. The Balaban J connectivity index is 1.66. The number of rotatable bonds is 6. The lowest BCUT2D eigenvalue weighted by Crippen LogP contribution is -2.27. The van der Waals surface area contributed by atoms with Crippen molar-refractivity contribution in [3.63, 3.8) is 0 Å². The molecule has 3 heteroatoms. The molecule has 0 spiro atoms. The highest BCUT2D eigenvalue weighted by molar-refractivity contribution is 5.12. The van der Waals surface area contributed by atoms with Gasteiger partial charge in [-0.05, 0) is 50.6 Å². The van der Waals surface area contributed by atoms with E-state index in [2.05, 4.69) is 28.1 Å². The summed E-state index contributed by atoms with van der Waals surface area (Å²) in [6, 6.07) is 3.09. The minimum Gasteiger partial charge on any atom is -0.314 e. The van der Waals surface area contributed by atoms with Crippen LogP contribution in [0.5, 0.6) is 0 Å². The van der Waals surface area contributed by atoms with Gasteiger partial charge in [-0.1, -0.05) is 13.3 Å². The molecule has 3 rings (SSSR count). The maximum absolute atomic E-state index is 4.49.